The molecule has 6 rings (SSSR count). The van der Waals surface area contributed by atoms with E-state index in [4.69, 9.17) is 18.9 Å². The fourth-order valence-electron chi connectivity index (χ4n) is 6.21. The van der Waals surface area contributed by atoms with Crippen molar-refractivity contribution in [1.82, 2.24) is 14.5 Å². The number of likely N-dealkylation sites (tertiary alicyclic amines) is 1. The number of methoxy groups -OCH3 is 2. The number of carbonyl (C=O) groups is 2. The van der Waals surface area contributed by atoms with Crippen LogP contribution in [0, 0.1) is 0 Å². The Morgan fingerprint density at radius 3 is 1.87 bits per heavy atom. The molecule has 2 aliphatic heterocycles. The van der Waals surface area contributed by atoms with E-state index < -0.39 is 53.1 Å². The van der Waals surface area contributed by atoms with E-state index in [-0.39, 0.29) is 19.4 Å². The van der Waals surface area contributed by atoms with Gasteiger partial charge in [-0.3, -0.25) is 28.8 Å². The van der Waals surface area contributed by atoms with Crippen LogP contribution in [0.5, 0.6) is 11.5 Å². The lowest BCUT2D eigenvalue weighted by molar-refractivity contribution is -0.145. The number of carbonyl (C=O) groups excluding carboxylic acids is 2. The van der Waals surface area contributed by atoms with Gasteiger partial charge in [0.15, 0.2) is 6.23 Å². The van der Waals surface area contributed by atoms with Gasteiger partial charge < -0.3 is 24.1 Å². The van der Waals surface area contributed by atoms with Crippen LogP contribution in [-0.4, -0.2) is 70.4 Å². The number of hydrogen-bond acceptors (Lipinski definition) is 9. The minimum Gasteiger partial charge on any atom is -0.497 e. The first-order chi connectivity index (χ1) is 22.3. The molecule has 12 nitrogen and oxygen atoms in total. The smallest absolute Gasteiger partial charge is 0.330 e. The van der Waals surface area contributed by atoms with Crippen LogP contribution in [-0.2, 0) is 24.7 Å². The zero-order valence-corrected chi connectivity index (χ0v) is 25.2. The molecule has 46 heavy (non-hydrogen) atoms. The summed E-state index contributed by atoms with van der Waals surface area (Å²) < 4.78 is 25.0. The number of aromatic nitrogens is 2. The van der Waals surface area contributed by atoms with Gasteiger partial charge in [-0.1, -0.05) is 54.6 Å². The topological polar surface area (TPSA) is 149 Å². The molecule has 4 aromatic rings. The maximum absolute atomic E-state index is 12.9. The maximum Gasteiger partial charge on any atom is 0.330 e. The van der Waals surface area contributed by atoms with Gasteiger partial charge in [0.2, 0.25) is 11.8 Å². The van der Waals surface area contributed by atoms with Gasteiger partial charge in [0.25, 0.3) is 5.56 Å². The van der Waals surface area contributed by atoms with Gasteiger partial charge in [0.05, 0.1) is 20.8 Å². The Morgan fingerprint density at radius 1 is 0.804 bits per heavy atom. The van der Waals surface area contributed by atoms with Crippen LogP contribution in [0.3, 0.4) is 0 Å². The van der Waals surface area contributed by atoms with E-state index in [9.17, 15) is 24.3 Å². The molecule has 0 radical (unpaired) electrons. The Balaban J connectivity index is 1.44. The molecule has 0 aliphatic carbocycles. The number of aliphatic hydroxyl groups is 1. The van der Waals surface area contributed by atoms with Gasteiger partial charge in [0.1, 0.15) is 35.3 Å². The number of imide groups is 1. The Labute approximate surface area is 263 Å². The molecule has 3 aromatic carbocycles. The molecule has 0 saturated carbocycles. The third kappa shape index (κ3) is 5.51. The summed E-state index contributed by atoms with van der Waals surface area (Å²) in [5.74, 6) is 0.313. The highest BCUT2D eigenvalue weighted by Crippen LogP contribution is 2.43. The molecular formula is C34H33N3O9. The molecule has 2 amide bonds. The van der Waals surface area contributed by atoms with Crippen molar-refractivity contribution in [2.45, 2.75) is 42.9 Å². The van der Waals surface area contributed by atoms with Crippen LogP contribution < -0.4 is 20.7 Å². The number of amides is 2. The van der Waals surface area contributed by atoms with Crippen LogP contribution in [0.1, 0.15) is 35.8 Å². The van der Waals surface area contributed by atoms with E-state index >= 15 is 0 Å². The second-order valence-electron chi connectivity index (χ2n) is 11.0. The molecule has 2 saturated heterocycles. The Bertz CT molecular complexity index is 1760. The molecule has 0 spiro atoms. The van der Waals surface area contributed by atoms with Gasteiger partial charge in [-0.05, 0) is 41.0 Å². The second kappa shape index (κ2) is 12.8. The van der Waals surface area contributed by atoms with Crippen molar-refractivity contribution in [3.63, 3.8) is 0 Å². The second-order valence-corrected chi connectivity index (χ2v) is 11.0. The molecule has 2 aliphatic rings. The third-order valence-corrected chi connectivity index (χ3v) is 8.49. The normalized spacial score (nSPS) is 21.5. The van der Waals surface area contributed by atoms with E-state index in [0.29, 0.717) is 11.5 Å². The monoisotopic (exact) mass is 627 g/mol. The molecule has 2 fully saturated rings. The summed E-state index contributed by atoms with van der Waals surface area (Å²) in [6.07, 6.45) is -2.66. The molecule has 0 unspecified atom stereocenters. The first-order valence-corrected chi connectivity index (χ1v) is 14.7. The number of nitrogens with one attached hydrogen (secondary N) is 1. The zero-order chi connectivity index (χ0) is 32.4. The highest BCUT2D eigenvalue weighted by Gasteiger charge is 2.53. The number of benzene rings is 3. The molecule has 2 N–H and O–H groups in total. The number of hydrogen-bond donors (Lipinski definition) is 2. The van der Waals surface area contributed by atoms with Crippen LogP contribution in [0.15, 0.2) is 101 Å². The van der Waals surface area contributed by atoms with E-state index in [2.05, 4.69) is 4.98 Å². The summed E-state index contributed by atoms with van der Waals surface area (Å²) in [5.41, 5.74) is -0.432. The van der Waals surface area contributed by atoms with Crippen LogP contribution in [0.4, 0.5) is 0 Å². The van der Waals surface area contributed by atoms with Crippen molar-refractivity contribution >= 4 is 11.8 Å². The molecule has 238 valence electrons. The van der Waals surface area contributed by atoms with Crippen molar-refractivity contribution < 1.29 is 33.6 Å². The third-order valence-electron chi connectivity index (χ3n) is 8.49. The summed E-state index contributed by atoms with van der Waals surface area (Å²) in [4.78, 5) is 53.5. The van der Waals surface area contributed by atoms with Crippen LogP contribution >= 0.6 is 0 Å². The van der Waals surface area contributed by atoms with Crippen molar-refractivity contribution in [1.29, 1.82) is 0 Å². The van der Waals surface area contributed by atoms with Gasteiger partial charge in [0, 0.05) is 25.1 Å². The summed E-state index contributed by atoms with van der Waals surface area (Å²) >= 11 is 0. The number of aliphatic hydroxyl groups excluding tert-OH is 1. The van der Waals surface area contributed by atoms with Crippen molar-refractivity contribution in [2.75, 3.05) is 20.8 Å². The number of rotatable bonds is 10. The van der Waals surface area contributed by atoms with Crippen molar-refractivity contribution in [2.24, 2.45) is 0 Å². The Kier molecular flexibility index (Phi) is 8.59. The lowest BCUT2D eigenvalue weighted by atomic mass is 9.80. The number of ether oxygens (including phenoxy) is 4. The summed E-state index contributed by atoms with van der Waals surface area (Å²) in [7, 11) is 3.16. The standard InChI is InChI=1S/C34H33N3O9/c1-43-24-12-8-22(9-13-24)34(21-6-4-3-5-7-21,23-10-14-25(44-2)15-11-23)45-20-26-31(41)30(37-28(39)16-17-29(37)40)32(46-26)36-19-18-27(38)35-33(36)42/h3-15,18-19,26,30-32,41H,16-17,20H2,1-2H3,(H,35,38,42)/t26-,30-,31-,32-/m1/s1. The lowest BCUT2D eigenvalue weighted by Crippen LogP contribution is -2.51. The molecule has 4 atom stereocenters. The molecule has 1 aromatic heterocycles. The van der Waals surface area contributed by atoms with Crippen molar-refractivity contribution in [3.8, 4) is 11.5 Å². The Morgan fingerprint density at radius 2 is 1.35 bits per heavy atom. The number of aromatic amines is 1. The van der Waals surface area contributed by atoms with Gasteiger partial charge in [-0.2, -0.15) is 0 Å². The molecule has 0 bridgehead atoms. The number of nitrogens with zero attached hydrogens (tertiary/aromatic N) is 2. The fourth-order valence-corrected chi connectivity index (χ4v) is 6.21. The summed E-state index contributed by atoms with van der Waals surface area (Å²) in [6, 6.07) is 24.2. The predicted molar refractivity (Wildman–Crippen MR) is 164 cm³/mol. The Hall–Kier alpha value is -5.04. The van der Waals surface area contributed by atoms with Crippen LogP contribution in [0.2, 0.25) is 0 Å². The minimum absolute atomic E-state index is 0.0253. The predicted octanol–water partition coefficient (Wildman–Crippen LogP) is 2.34. The van der Waals surface area contributed by atoms with E-state index in [1.807, 2.05) is 78.9 Å². The molecule has 12 heteroatoms. The number of H-pyrrole nitrogens is 1. The first kappa shape index (κ1) is 31.0. The van der Waals surface area contributed by atoms with Gasteiger partial charge in [-0.15, -0.1) is 0 Å². The minimum atomic E-state index is -1.44. The highest BCUT2D eigenvalue weighted by atomic mass is 16.6. The summed E-state index contributed by atoms with van der Waals surface area (Å²) in [5, 5.41) is 11.7. The molecule has 3 heterocycles. The summed E-state index contributed by atoms with van der Waals surface area (Å²) in [6.45, 7) is -0.227. The first-order valence-electron chi connectivity index (χ1n) is 14.7. The van der Waals surface area contributed by atoms with Gasteiger partial charge >= 0.3 is 5.69 Å². The largest absolute Gasteiger partial charge is 0.497 e. The SMILES string of the molecule is COc1ccc(C(OC[C@H]2O[C@@H](n3ccc(=O)[nH]c3=O)[C@H](N3C(=O)CCC3=O)[C@@H]2O)(c2ccccc2)c2ccc(OC)cc2)cc1. The maximum atomic E-state index is 12.9. The van der Waals surface area contributed by atoms with Crippen molar-refractivity contribution in [3.05, 3.63) is 129 Å². The zero-order valence-electron chi connectivity index (χ0n) is 25.2. The highest BCUT2D eigenvalue weighted by molar-refractivity contribution is 6.02. The van der Waals surface area contributed by atoms with E-state index in [0.717, 1.165) is 32.2 Å². The molecular weight excluding hydrogens is 594 g/mol. The fraction of sp³-hybridized carbons (Fsp3) is 0.294. The van der Waals surface area contributed by atoms with Crippen LogP contribution in [0.25, 0.3) is 0 Å². The van der Waals surface area contributed by atoms with E-state index in [1.54, 1.807) is 14.2 Å². The lowest BCUT2D eigenvalue weighted by Gasteiger charge is -2.37. The van der Waals surface area contributed by atoms with Gasteiger partial charge in [-0.25, -0.2) is 4.79 Å². The average Bonchev–Trinajstić information content (AvgIpc) is 3.58. The van der Waals surface area contributed by atoms with E-state index in [1.165, 1.54) is 6.20 Å². The average molecular weight is 628 g/mol. The quantitative estimate of drug-likeness (QED) is 0.200.